The van der Waals surface area contributed by atoms with E-state index in [9.17, 15) is 8.78 Å². The van der Waals surface area contributed by atoms with Crippen molar-refractivity contribution in [3.8, 4) is 0 Å². The summed E-state index contributed by atoms with van der Waals surface area (Å²) in [6, 6.07) is 3.70. The van der Waals surface area contributed by atoms with Crippen molar-refractivity contribution < 1.29 is 8.78 Å². The fraction of sp³-hybridized carbons (Fsp3) is 0.533. The van der Waals surface area contributed by atoms with Gasteiger partial charge >= 0.3 is 0 Å². The zero-order valence-corrected chi connectivity index (χ0v) is 14.6. The highest BCUT2D eigenvalue weighted by Crippen LogP contribution is 2.11. The molecule has 0 bridgehead atoms. The van der Waals surface area contributed by atoms with Crippen LogP contribution in [0, 0.1) is 11.6 Å². The fourth-order valence-corrected chi connectivity index (χ4v) is 2.36. The van der Waals surface area contributed by atoms with Gasteiger partial charge in [-0.2, -0.15) is 0 Å². The van der Waals surface area contributed by atoms with Gasteiger partial charge in [0.1, 0.15) is 11.6 Å². The van der Waals surface area contributed by atoms with Crippen LogP contribution in [0.1, 0.15) is 25.3 Å². The number of nitrogens with one attached hydrogen (secondary N) is 1. The molecular weight excluding hydrogens is 387 g/mol. The normalized spacial score (nSPS) is 15.0. The van der Waals surface area contributed by atoms with Gasteiger partial charge in [-0.3, -0.25) is 4.99 Å². The monoisotopic (exact) mass is 409 g/mol. The van der Waals surface area contributed by atoms with Crippen molar-refractivity contribution in [2.75, 3.05) is 26.2 Å². The smallest absolute Gasteiger partial charge is 0.193 e. The standard InChI is InChI=1S/C15H21F2N3.HI/c1-2-18-15(20-9-3-4-10-20)19-8-7-12-5-6-13(16)11-14(12)17;/h5-6,11H,2-4,7-10H2,1H3,(H,18,19);1H. The number of nitrogens with zero attached hydrogens (tertiary/aromatic N) is 2. The van der Waals surface area contributed by atoms with Crippen molar-refractivity contribution in [3.05, 3.63) is 35.4 Å². The summed E-state index contributed by atoms with van der Waals surface area (Å²) in [4.78, 5) is 6.75. The van der Waals surface area contributed by atoms with Crippen LogP contribution in [0.25, 0.3) is 0 Å². The molecule has 2 rings (SSSR count). The highest BCUT2D eigenvalue weighted by Gasteiger charge is 2.15. The first-order valence-corrected chi connectivity index (χ1v) is 7.18. The predicted octanol–water partition coefficient (Wildman–Crippen LogP) is 3.19. The summed E-state index contributed by atoms with van der Waals surface area (Å²) in [5.74, 6) is -0.140. The molecule has 0 radical (unpaired) electrons. The molecule has 0 saturated carbocycles. The lowest BCUT2D eigenvalue weighted by atomic mass is 10.1. The van der Waals surface area contributed by atoms with E-state index in [1.54, 1.807) is 0 Å². The summed E-state index contributed by atoms with van der Waals surface area (Å²) in [6.07, 6.45) is 2.86. The summed E-state index contributed by atoms with van der Waals surface area (Å²) in [5, 5.41) is 3.26. The molecule has 1 aliphatic heterocycles. The van der Waals surface area contributed by atoms with Crippen molar-refractivity contribution in [1.29, 1.82) is 0 Å². The van der Waals surface area contributed by atoms with Crippen molar-refractivity contribution in [3.63, 3.8) is 0 Å². The van der Waals surface area contributed by atoms with E-state index in [0.717, 1.165) is 31.7 Å². The molecule has 118 valence electrons. The van der Waals surface area contributed by atoms with Crippen LogP contribution in [0.15, 0.2) is 23.2 Å². The van der Waals surface area contributed by atoms with E-state index in [2.05, 4.69) is 15.2 Å². The van der Waals surface area contributed by atoms with E-state index >= 15 is 0 Å². The van der Waals surface area contributed by atoms with E-state index < -0.39 is 11.6 Å². The van der Waals surface area contributed by atoms with Crippen LogP contribution in [0.3, 0.4) is 0 Å². The minimum atomic E-state index is -0.542. The van der Waals surface area contributed by atoms with Gasteiger partial charge in [-0.15, -0.1) is 24.0 Å². The molecule has 3 nitrogen and oxygen atoms in total. The average Bonchev–Trinajstić information content (AvgIpc) is 2.94. The second-order valence-electron chi connectivity index (χ2n) is 4.92. The van der Waals surface area contributed by atoms with Gasteiger partial charge in [-0.05, 0) is 37.8 Å². The quantitative estimate of drug-likeness (QED) is 0.470. The number of benzene rings is 1. The molecule has 1 aromatic carbocycles. The Hall–Kier alpha value is -0.920. The number of likely N-dealkylation sites (tertiary alicyclic amines) is 1. The topological polar surface area (TPSA) is 27.6 Å². The predicted molar refractivity (Wildman–Crippen MR) is 92.3 cm³/mol. The Bertz CT molecular complexity index is 474. The maximum Gasteiger partial charge on any atom is 0.193 e. The van der Waals surface area contributed by atoms with Crippen LogP contribution in [0.2, 0.25) is 0 Å². The number of guanidine groups is 1. The lowest BCUT2D eigenvalue weighted by molar-refractivity contribution is 0.493. The summed E-state index contributed by atoms with van der Waals surface area (Å²) in [5.41, 5.74) is 0.507. The van der Waals surface area contributed by atoms with E-state index in [4.69, 9.17) is 0 Å². The second kappa shape index (κ2) is 9.17. The van der Waals surface area contributed by atoms with Crippen LogP contribution in [-0.4, -0.2) is 37.0 Å². The average molecular weight is 409 g/mol. The maximum atomic E-state index is 13.5. The van der Waals surface area contributed by atoms with Crippen molar-refractivity contribution in [1.82, 2.24) is 10.2 Å². The van der Waals surface area contributed by atoms with E-state index in [-0.39, 0.29) is 24.0 Å². The molecule has 21 heavy (non-hydrogen) atoms. The SMILES string of the molecule is CCNC(=NCCc1ccc(F)cc1F)N1CCCC1.I. The minimum absolute atomic E-state index is 0. The van der Waals surface area contributed by atoms with Crippen molar-refractivity contribution in [2.24, 2.45) is 4.99 Å². The van der Waals surface area contributed by atoms with Gasteiger partial charge in [0.25, 0.3) is 0 Å². The van der Waals surface area contributed by atoms with Gasteiger partial charge in [0, 0.05) is 32.2 Å². The lowest BCUT2D eigenvalue weighted by Gasteiger charge is -2.20. The van der Waals surface area contributed by atoms with Crippen molar-refractivity contribution in [2.45, 2.75) is 26.2 Å². The molecule has 1 N–H and O–H groups in total. The third kappa shape index (κ3) is 5.41. The molecule has 0 unspecified atom stereocenters. The van der Waals surface area contributed by atoms with E-state index in [1.165, 1.54) is 25.0 Å². The van der Waals surface area contributed by atoms with Gasteiger partial charge in [-0.1, -0.05) is 6.07 Å². The highest BCUT2D eigenvalue weighted by atomic mass is 127. The van der Waals surface area contributed by atoms with Crippen LogP contribution < -0.4 is 5.32 Å². The molecule has 0 aromatic heterocycles. The third-order valence-corrected chi connectivity index (χ3v) is 3.40. The summed E-state index contributed by atoms with van der Waals surface area (Å²) in [7, 11) is 0. The maximum absolute atomic E-state index is 13.5. The van der Waals surface area contributed by atoms with Gasteiger partial charge in [0.05, 0.1) is 0 Å². The van der Waals surface area contributed by atoms with Gasteiger partial charge in [-0.25, -0.2) is 8.78 Å². The number of hydrogen-bond acceptors (Lipinski definition) is 1. The molecular formula is C15H22F2IN3. The number of aliphatic imine (C=N–C) groups is 1. The number of halogens is 3. The molecule has 0 amide bonds. The summed E-state index contributed by atoms with van der Waals surface area (Å²) >= 11 is 0. The first-order valence-electron chi connectivity index (χ1n) is 7.18. The van der Waals surface area contributed by atoms with E-state index in [0.29, 0.717) is 18.5 Å². The molecule has 1 aromatic rings. The number of hydrogen-bond donors (Lipinski definition) is 1. The molecule has 0 spiro atoms. The Labute approximate surface area is 141 Å². The third-order valence-electron chi connectivity index (χ3n) is 3.40. The molecule has 1 saturated heterocycles. The highest BCUT2D eigenvalue weighted by molar-refractivity contribution is 14.0. The largest absolute Gasteiger partial charge is 0.357 e. The van der Waals surface area contributed by atoms with Crippen molar-refractivity contribution >= 4 is 29.9 Å². The van der Waals surface area contributed by atoms with Crippen LogP contribution >= 0.6 is 24.0 Å². The zero-order chi connectivity index (χ0) is 14.4. The summed E-state index contributed by atoms with van der Waals surface area (Å²) < 4.78 is 26.3. The van der Waals surface area contributed by atoms with E-state index in [1.807, 2.05) is 6.92 Å². The summed E-state index contributed by atoms with van der Waals surface area (Å²) in [6.45, 7) is 5.40. The van der Waals surface area contributed by atoms with Crippen LogP contribution in [-0.2, 0) is 6.42 Å². The Kier molecular flexibility index (Phi) is 7.92. The molecule has 6 heteroatoms. The van der Waals surface area contributed by atoms with Gasteiger partial charge < -0.3 is 10.2 Å². The molecule has 1 fully saturated rings. The first-order chi connectivity index (χ1) is 9.70. The lowest BCUT2D eigenvalue weighted by Crippen LogP contribution is -2.39. The van der Waals surface area contributed by atoms with Crippen LogP contribution in [0.4, 0.5) is 8.78 Å². The number of rotatable bonds is 4. The van der Waals surface area contributed by atoms with Gasteiger partial charge in [0.2, 0.25) is 0 Å². The molecule has 1 heterocycles. The minimum Gasteiger partial charge on any atom is -0.357 e. The first kappa shape index (κ1) is 18.1. The molecule has 0 aliphatic carbocycles. The fourth-order valence-electron chi connectivity index (χ4n) is 2.36. The van der Waals surface area contributed by atoms with Gasteiger partial charge in [0.15, 0.2) is 5.96 Å². The Balaban J connectivity index is 0.00000220. The Morgan fingerprint density at radius 1 is 1.29 bits per heavy atom. The van der Waals surface area contributed by atoms with Crippen LogP contribution in [0.5, 0.6) is 0 Å². The molecule has 1 aliphatic rings. The second-order valence-corrected chi connectivity index (χ2v) is 4.92. The Morgan fingerprint density at radius 2 is 2.00 bits per heavy atom. The molecule has 0 atom stereocenters. The Morgan fingerprint density at radius 3 is 2.62 bits per heavy atom. The zero-order valence-electron chi connectivity index (χ0n) is 12.2.